The van der Waals surface area contributed by atoms with E-state index in [1.807, 2.05) is 18.2 Å². The van der Waals surface area contributed by atoms with E-state index in [2.05, 4.69) is 17.1 Å². The van der Waals surface area contributed by atoms with Crippen molar-refractivity contribution in [3.05, 3.63) is 57.6 Å². The molecule has 2 aromatic carbocycles. The molecule has 1 unspecified atom stereocenters. The van der Waals surface area contributed by atoms with Crippen LogP contribution < -0.4 is 9.47 Å². The molecule has 0 radical (unpaired) electrons. The molecule has 2 aliphatic heterocycles. The number of hydrogen-bond donors (Lipinski definition) is 0. The van der Waals surface area contributed by atoms with Crippen LogP contribution in [0.5, 0.6) is 11.5 Å². The molecule has 0 aromatic heterocycles. The van der Waals surface area contributed by atoms with Gasteiger partial charge in [-0.2, -0.15) is 5.10 Å². The van der Waals surface area contributed by atoms with Gasteiger partial charge in [0.1, 0.15) is 11.5 Å². The van der Waals surface area contributed by atoms with Crippen LogP contribution in [0.25, 0.3) is 0 Å². The van der Waals surface area contributed by atoms with E-state index < -0.39 is 5.72 Å². The number of nitrogens with zero attached hydrogens (tertiary/aromatic N) is 2. The number of benzene rings is 2. The highest BCUT2D eigenvalue weighted by molar-refractivity contribution is 6.35. The number of ether oxygens (including phenoxy) is 2. The molecule has 2 heterocycles. The third-order valence-electron chi connectivity index (χ3n) is 5.82. The van der Waals surface area contributed by atoms with Crippen LogP contribution in [0, 0.1) is 0 Å². The third-order valence-corrected chi connectivity index (χ3v) is 6.32. The fourth-order valence-electron chi connectivity index (χ4n) is 4.52. The van der Waals surface area contributed by atoms with Crippen molar-refractivity contribution in [2.75, 3.05) is 7.11 Å². The SMILES string of the molecule is COc1ccc(C2=NN3C(C2)c2cc(Cl)cc(Cl)c2OC32CCCC2)cc1. The predicted octanol–water partition coefficient (Wildman–Crippen LogP) is 5.82. The minimum atomic E-state index is -0.399. The van der Waals surface area contributed by atoms with Crippen LogP contribution in [0.3, 0.4) is 0 Å². The van der Waals surface area contributed by atoms with Gasteiger partial charge in [0.05, 0.1) is 23.9 Å². The lowest BCUT2D eigenvalue weighted by Gasteiger charge is -2.46. The summed E-state index contributed by atoms with van der Waals surface area (Å²) in [6.07, 6.45) is 5.00. The monoisotopic (exact) mass is 402 g/mol. The molecule has 0 saturated heterocycles. The first-order valence-corrected chi connectivity index (χ1v) is 10.0. The van der Waals surface area contributed by atoms with Crippen LogP contribution in [0.4, 0.5) is 0 Å². The lowest BCUT2D eigenvalue weighted by molar-refractivity contribution is -0.114. The lowest BCUT2D eigenvalue weighted by atomic mass is 9.94. The first-order valence-electron chi connectivity index (χ1n) is 9.29. The standard InChI is InChI=1S/C21H20Cl2N2O2/c1-26-15-6-4-13(5-7-15)18-12-19-16-10-14(22)11-17(23)20(16)27-21(25(19)24-18)8-2-3-9-21/h4-7,10-11,19H,2-3,8-9,12H2,1H3. The summed E-state index contributed by atoms with van der Waals surface area (Å²) < 4.78 is 11.8. The third kappa shape index (κ3) is 2.69. The van der Waals surface area contributed by atoms with Crippen molar-refractivity contribution in [1.82, 2.24) is 5.01 Å². The van der Waals surface area contributed by atoms with Crippen LogP contribution in [0.2, 0.25) is 10.0 Å². The Bertz CT molecular complexity index is 921. The summed E-state index contributed by atoms with van der Waals surface area (Å²) in [5.74, 6) is 1.62. The minimum Gasteiger partial charge on any atom is -0.497 e. The smallest absolute Gasteiger partial charge is 0.198 e. The van der Waals surface area contributed by atoms with Crippen LogP contribution in [-0.2, 0) is 0 Å². The fourth-order valence-corrected chi connectivity index (χ4v) is 5.06. The summed E-state index contributed by atoms with van der Waals surface area (Å²) in [4.78, 5) is 0. The number of methoxy groups -OCH3 is 1. The number of halogens is 2. The fraction of sp³-hybridized carbons (Fsp3) is 0.381. The van der Waals surface area contributed by atoms with Gasteiger partial charge in [-0.15, -0.1) is 0 Å². The summed E-state index contributed by atoms with van der Waals surface area (Å²) in [5.41, 5.74) is 2.79. The maximum atomic E-state index is 6.51. The van der Waals surface area contributed by atoms with Gasteiger partial charge in [0, 0.05) is 29.8 Å². The van der Waals surface area contributed by atoms with E-state index >= 15 is 0 Å². The number of rotatable bonds is 2. The highest BCUT2D eigenvalue weighted by Crippen LogP contribution is 2.54. The van der Waals surface area contributed by atoms with Crippen molar-refractivity contribution < 1.29 is 9.47 Å². The van der Waals surface area contributed by atoms with Crippen molar-refractivity contribution in [1.29, 1.82) is 0 Å². The molecule has 4 nitrogen and oxygen atoms in total. The zero-order valence-corrected chi connectivity index (χ0v) is 16.6. The molecule has 0 amide bonds. The Kier molecular flexibility index (Phi) is 4.03. The molecule has 0 N–H and O–H groups in total. The van der Waals surface area contributed by atoms with Crippen molar-refractivity contribution in [3.8, 4) is 11.5 Å². The molecule has 1 aliphatic carbocycles. The molecular formula is C21H20Cl2N2O2. The summed E-state index contributed by atoms with van der Waals surface area (Å²) in [6.45, 7) is 0. The number of fused-ring (bicyclic) bond motifs is 4. The first kappa shape index (κ1) is 17.2. The van der Waals surface area contributed by atoms with Gasteiger partial charge in [-0.05, 0) is 54.8 Å². The van der Waals surface area contributed by atoms with Crippen LogP contribution in [-0.4, -0.2) is 23.6 Å². The summed E-state index contributed by atoms with van der Waals surface area (Å²) in [6, 6.07) is 11.9. The highest BCUT2D eigenvalue weighted by Gasteiger charge is 2.52. The van der Waals surface area contributed by atoms with Crippen LogP contribution in [0.15, 0.2) is 41.5 Å². The van der Waals surface area contributed by atoms with Gasteiger partial charge in [-0.3, -0.25) is 0 Å². The molecular weight excluding hydrogens is 383 g/mol. The van der Waals surface area contributed by atoms with Gasteiger partial charge in [0.2, 0.25) is 0 Å². The van der Waals surface area contributed by atoms with Gasteiger partial charge >= 0.3 is 0 Å². The average molecular weight is 403 g/mol. The van der Waals surface area contributed by atoms with Crippen LogP contribution >= 0.6 is 23.2 Å². The minimum absolute atomic E-state index is 0.0974. The molecule has 1 saturated carbocycles. The van der Waals surface area contributed by atoms with Crippen molar-refractivity contribution in [2.45, 2.75) is 43.9 Å². The molecule has 140 valence electrons. The summed E-state index contributed by atoms with van der Waals surface area (Å²) >= 11 is 12.8. The van der Waals surface area contributed by atoms with Gasteiger partial charge in [0.25, 0.3) is 0 Å². The normalized spacial score (nSPS) is 22.3. The van der Waals surface area contributed by atoms with E-state index in [0.717, 1.165) is 60.4 Å². The highest BCUT2D eigenvalue weighted by atomic mass is 35.5. The van der Waals surface area contributed by atoms with Gasteiger partial charge in [-0.1, -0.05) is 23.2 Å². The molecule has 6 heteroatoms. The topological polar surface area (TPSA) is 34.1 Å². The van der Waals surface area contributed by atoms with Crippen molar-refractivity contribution in [3.63, 3.8) is 0 Å². The second-order valence-corrected chi connectivity index (χ2v) is 8.24. The molecule has 2 aromatic rings. The van der Waals surface area contributed by atoms with E-state index in [9.17, 15) is 0 Å². The molecule has 3 aliphatic rings. The van der Waals surface area contributed by atoms with E-state index in [-0.39, 0.29) is 6.04 Å². The Labute approximate surface area is 168 Å². The van der Waals surface area contributed by atoms with Crippen molar-refractivity contribution in [2.24, 2.45) is 5.10 Å². The number of hydrazone groups is 1. The molecule has 1 spiro atoms. The lowest BCUT2D eigenvalue weighted by Crippen LogP contribution is -2.51. The second kappa shape index (κ2) is 6.32. The van der Waals surface area contributed by atoms with Crippen LogP contribution in [0.1, 0.15) is 49.3 Å². The zero-order valence-electron chi connectivity index (χ0n) is 15.0. The Balaban J connectivity index is 1.59. The maximum absolute atomic E-state index is 6.51. The van der Waals surface area contributed by atoms with E-state index in [1.165, 1.54) is 0 Å². The molecule has 27 heavy (non-hydrogen) atoms. The zero-order chi connectivity index (χ0) is 18.6. The quantitative estimate of drug-likeness (QED) is 0.634. The predicted molar refractivity (Wildman–Crippen MR) is 107 cm³/mol. The van der Waals surface area contributed by atoms with Crippen molar-refractivity contribution >= 4 is 28.9 Å². The Morgan fingerprint density at radius 1 is 1.15 bits per heavy atom. The maximum Gasteiger partial charge on any atom is 0.198 e. The Hall–Kier alpha value is -1.91. The van der Waals surface area contributed by atoms with Gasteiger partial charge in [-0.25, -0.2) is 5.01 Å². The molecule has 1 atom stereocenters. The molecule has 1 fully saturated rings. The Morgan fingerprint density at radius 3 is 2.59 bits per heavy atom. The van der Waals surface area contributed by atoms with Gasteiger partial charge < -0.3 is 9.47 Å². The molecule has 5 rings (SSSR count). The Morgan fingerprint density at radius 2 is 1.89 bits per heavy atom. The average Bonchev–Trinajstić information content (AvgIpc) is 3.32. The largest absolute Gasteiger partial charge is 0.497 e. The van der Waals surface area contributed by atoms with E-state index in [1.54, 1.807) is 13.2 Å². The van der Waals surface area contributed by atoms with E-state index in [0.29, 0.717) is 10.0 Å². The summed E-state index contributed by atoms with van der Waals surface area (Å²) in [5, 5.41) is 8.41. The first-order chi connectivity index (χ1) is 13.1. The molecule has 0 bridgehead atoms. The number of hydrogen-bond acceptors (Lipinski definition) is 4. The van der Waals surface area contributed by atoms with E-state index in [4.69, 9.17) is 37.8 Å². The van der Waals surface area contributed by atoms with Gasteiger partial charge in [0.15, 0.2) is 5.72 Å². The second-order valence-electron chi connectivity index (χ2n) is 7.40. The summed E-state index contributed by atoms with van der Waals surface area (Å²) in [7, 11) is 1.67.